The summed E-state index contributed by atoms with van der Waals surface area (Å²) in [5, 5.41) is 3.38. The number of halogens is 1. The first-order valence-electron chi connectivity index (χ1n) is 6.34. The predicted octanol–water partition coefficient (Wildman–Crippen LogP) is 3.27. The molecule has 4 nitrogen and oxygen atoms in total. The molecule has 1 fully saturated rings. The molecule has 0 radical (unpaired) electrons. The Hall–Kier alpha value is -1.33. The minimum Gasteiger partial charge on any atom is -0.445 e. The molecule has 0 saturated heterocycles. The van der Waals surface area contributed by atoms with Gasteiger partial charge in [0.15, 0.2) is 0 Å². The van der Waals surface area contributed by atoms with Gasteiger partial charge in [0.05, 0.1) is 5.69 Å². The lowest BCUT2D eigenvalue weighted by Gasteiger charge is -2.01. The molecule has 3 rings (SSSR count). The molecule has 1 aliphatic rings. The lowest BCUT2D eigenvalue weighted by molar-refractivity contribution is 0.220. The first-order valence-corrected chi connectivity index (χ1v) is 7.14. The molecule has 100 valence electrons. The largest absolute Gasteiger partial charge is 0.445 e. The lowest BCUT2D eigenvalue weighted by atomic mass is 10.2. The Bertz CT molecular complexity index is 552. The van der Waals surface area contributed by atoms with Gasteiger partial charge in [-0.25, -0.2) is 0 Å². The monoisotopic (exact) mass is 322 g/mol. The molecule has 1 N–H and O–H groups in total. The zero-order valence-corrected chi connectivity index (χ0v) is 12.0. The molecule has 0 aliphatic heterocycles. The molecule has 0 bridgehead atoms. The molecule has 0 amide bonds. The van der Waals surface area contributed by atoms with E-state index in [9.17, 15) is 0 Å². The van der Waals surface area contributed by atoms with Crippen molar-refractivity contribution in [3.63, 3.8) is 0 Å². The number of oxazole rings is 1. The van der Waals surface area contributed by atoms with Crippen LogP contribution in [0.5, 0.6) is 6.08 Å². The fraction of sp³-hybridized carbons (Fsp3) is 0.357. The highest BCUT2D eigenvalue weighted by atomic mass is 79.9. The maximum atomic E-state index is 5.52. The van der Waals surface area contributed by atoms with Crippen LogP contribution < -0.4 is 10.1 Å². The number of rotatable bonds is 6. The fourth-order valence-electron chi connectivity index (χ4n) is 1.74. The summed E-state index contributed by atoms with van der Waals surface area (Å²) >= 11 is 3.43. The Morgan fingerprint density at radius 2 is 2.32 bits per heavy atom. The highest BCUT2D eigenvalue weighted by molar-refractivity contribution is 9.10. The van der Waals surface area contributed by atoms with Gasteiger partial charge in [-0.3, -0.25) is 0 Å². The van der Waals surface area contributed by atoms with Gasteiger partial charge in [0, 0.05) is 17.1 Å². The minimum absolute atomic E-state index is 0.326. The molecular weight excluding hydrogens is 308 g/mol. The lowest BCUT2D eigenvalue weighted by Crippen LogP contribution is -2.15. The number of nitrogens with one attached hydrogen (secondary N) is 1. The second-order valence-electron chi connectivity index (χ2n) is 4.68. The van der Waals surface area contributed by atoms with Crippen molar-refractivity contribution >= 4 is 15.9 Å². The standard InChI is InChI=1S/C14H15BrN2O2/c15-11-3-1-2-10(6-11)8-18-14-17-13(9-19-14)7-16-12-4-5-12/h1-3,6,9,12,16H,4-5,7-8H2. The molecule has 0 spiro atoms. The normalized spacial score (nSPS) is 14.6. The van der Waals surface area contributed by atoms with Gasteiger partial charge < -0.3 is 14.5 Å². The molecule has 19 heavy (non-hydrogen) atoms. The highest BCUT2D eigenvalue weighted by Gasteiger charge is 2.20. The van der Waals surface area contributed by atoms with E-state index in [2.05, 4.69) is 26.2 Å². The van der Waals surface area contributed by atoms with E-state index in [0.717, 1.165) is 22.3 Å². The maximum absolute atomic E-state index is 5.52. The molecule has 1 aromatic carbocycles. The molecular formula is C14H15BrN2O2. The Morgan fingerprint density at radius 1 is 1.42 bits per heavy atom. The topological polar surface area (TPSA) is 47.3 Å². The zero-order chi connectivity index (χ0) is 13.1. The highest BCUT2D eigenvalue weighted by Crippen LogP contribution is 2.20. The Balaban J connectivity index is 1.51. The van der Waals surface area contributed by atoms with Crippen molar-refractivity contribution in [2.45, 2.75) is 32.0 Å². The number of ether oxygens (including phenoxy) is 1. The second-order valence-corrected chi connectivity index (χ2v) is 5.59. The van der Waals surface area contributed by atoms with Crippen LogP contribution in [-0.2, 0) is 13.2 Å². The summed E-state index contributed by atoms with van der Waals surface area (Å²) in [5.41, 5.74) is 1.96. The molecule has 1 aromatic heterocycles. The van der Waals surface area contributed by atoms with E-state index in [1.807, 2.05) is 24.3 Å². The van der Waals surface area contributed by atoms with Crippen LogP contribution in [0.4, 0.5) is 0 Å². The van der Waals surface area contributed by atoms with Crippen molar-refractivity contribution < 1.29 is 9.15 Å². The van der Waals surface area contributed by atoms with E-state index >= 15 is 0 Å². The number of nitrogens with zero attached hydrogens (tertiary/aromatic N) is 1. The summed E-state index contributed by atoms with van der Waals surface area (Å²) in [4.78, 5) is 4.28. The van der Waals surface area contributed by atoms with Gasteiger partial charge in [-0.1, -0.05) is 28.1 Å². The number of aromatic nitrogens is 1. The van der Waals surface area contributed by atoms with Crippen LogP contribution in [-0.4, -0.2) is 11.0 Å². The molecule has 5 heteroatoms. The van der Waals surface area contributed by atoms with Crippen LogP contribution in [0.15, 0.2) is 39.4 Å². The number of hydrogen-bond donors (Lipinski definition) is 1. The van der Waals surface area contributed by atoms with E-state index in [4.69, 9.17) is 9.15 Å². The van der Waals surface area contributed by atoms with Crippen molar-refractivity contribution in [1.29, 1.82) is 0 Å². The Kier molecular flexibility index (Phi) is 3.84. The van der Waals surface area contributed by atoms with Gasteiger partial charge in [0.25, 0.3) is 0 Å². The minimum atomic E-state index is 0.326. The van der Waals surface area contributed by atoms with Gasteiger partial charge in [-0.2, -0.15) is 4.98 Å². The molecule has 0 atom stereocenters. The third kappa shape index (κ3) is 3.81. The van der Waals surface area contributed by atoms with Gasteiger partial charge in [0.2, 0.25) is 0 Å². The Labute approximate surface area is 120 Å². The quantitative estimate of drug-likeness (QED) is 0.886. The van der Waals surface area contributed by atoms with Crippen LogP contribution in [0.1, 0.15) is 24.1 Å². The number of hydrogen-bond acceptors (Lipinski definition) is 4. The van der Waals surface area contributed by atoms with Crippen LogP contribution in [0, 0.1) is 0 Å². The van der Waals surface area contributed by atoms with Crippen molar-refractivity contribution in [3.8, 4) is 6.08 Å². The van der Waals surface area contributed by atoms with Crippen molar-refractivity contribution in [2.75, 3.05) is 0 Å². The second kappa shape index (κ2) is 5.75. The van der Waals surface area contributed by atoms with E-state index < -0.39 is 0 Å². The van der Waals surface area contributed by atoms with Gasteiger partial charge in [-0.15, -0.1) is 0 Å². The van der Waals surface area contributed by atoms with Crippen LogP contribution in [0.2, 0.25) is 0 Å². The fourth-order valence-corrected chi connectivity index (χ4v) is 2.19. The van der Waals surface area contributed by atoms with E-state index in [0.29, 0.717) is 18.7 Å². The van der Waals surface area contributed by atoms with E-state index in [1.165, 1.54) is 12.8 Å². The van der Waals surface area contributed by atoms with Crippen LogP contribution >= 0.6 is 15.9 Å². The molecule has 1 saturated carbocycles. The van der Waals surface area contributed by atoms with Crippen molar-refractivity contribution in [1.82, 2.24) is 10.3 Å². The van der Waals surface area contributed by atoms with Gasteiger partial charge in [-0.05, 0) is 30.5 Å². The zero-order valence-electron chi connectivity index (χ0n) is 10.4. The van der Waals surface area contributed by atoms with Gasteiger partial charge in [0.1, 0.15) is 12.9 Å². The summed E-state index contributed by atoms with van der Waals surface area (Å²) in [7, 11) is 0. The van der Waals surface area contributed by atoms with E-state index in [1.54, 1.807) is 6.26 Å². The van der Waals surface area contributed by atoms with Crippen molar-refractivity contribution in [2.24, 2.45) is 0 Å². The third-order valence-corrected chi connectivity index (χ3v) is 3.42. The third-order valence-electron chi connectivity index (χ3n) is 2.93. The SMILES string of the molecule is Brc1cccc(COc2nc(CNC3CC3)co2)c1. The predicted molar refractivity (Wildman–Crippen MR) is 74.8 cm³/mol. The average Bonchev–Trinajstić information content (AvgIpc) is 3.13. The molecule has 2 aromatic rings. The van der Waals surface area contributed by atoms with Crippen LogP contribution in [0.25, 0.3) is 0 Å². The summed E-state index contributed by atoms with van der Waals surface area (Å²) in [6.07, 6.45) is 4.51. The van der Waals surface area contributed by atoms with Gasteiger partial charge >= 0.3 is 6.08 Å². The smallest absolute Gasteiger partial charge is 0.394 e. The first kappa shape index (κ1) is 12.7. The molecule has 0 unspecified atom stereocenters. The maximum Gasteiger partial charge on any atom is 0.394 e. The Morgan fingerprint density at radius 3 is 3.11 bits per heavy atom. The number of benzene rings is 1. The molecule has 1 heterocycles. The van der Waals surface area contributed by atoms with E-state index in [-0.39, 0.29) is 0 Å². The molecule has 1 aliphatic carbocycles. The first-order chi connectivity index (χ1) is 9.29. The average molecular weight is 323 g/mol. The van der Waals surface area contributed by atoms with Crippen molar-refractivity contribution in [3.05, 3.63) is 46.3 Å². The summed E-state index contributed by atoms with van der Waals surface area (Å²) in [6.45, 7) is 1.20. The summed E-state index contributed by atoms with van der Waals surface area (Å²) in [5.74, 6) is 0. The van der Waals surface area contributed by atoms with Crippen LogP contribution in [0.3, 0.4) is 0 Å². The summed E-state index contributed by atoms with van der Waals surface area (Å²) in [6, 6.07) is 8.64. The summed E-state index contributed by atoms with van der Waals surface area (Å²) < 4.78 is 11.8.